The van der Waals surface area contributed by atoms with Crippen molar-refractivity contribution >= 4 is 5.91 Å². The van der Waals surface area contributed by atoms with Gasteiger partial charge in [0.15, 0.2) is 5.69 Å². The highest BCUT2D eigenvalue weighted by Crippen LogP contribution is 2.40. The third-order valence-corrected chi connectivity index (χ3v) is 3.56. The van der Waals surface area contributed by atoms with Crippen molar-refractivity contribution in [1.82, 2.24) is 10.5 Å². The number of rotatable bonds is 4. The molecule has 122 valence electrons. The number of carbonyl (C=O) groups excluding carboxylic acids is 1. The van der Waals surface area contributed by atoms with E-state index in [1.165, 1.54) is 6.07 Å². The molecule has 2 aromatic rings. The van der Waals surface area contributed by atoms with Crippen molar-refractivity contribution in [3.8, 4) is 0 Å². The zero-order chi connectivity index (χ0) is 16.6. The highest BCUT2D eigenvalue weighted by molar-refractivity contribution is 5.92. The molecule has 1 aliphatic carbocycles. The summed E-state index contributed by atoms with van der Waals surface area (Å²) in [5, 5.41) is 5.94. The van der Waals surface area contributed by atoms with E-state index in [2.05, 4.69) is 10.5 Å². The number of benzene rings is 1. The number of nitrogens with one attached hydrogen (secondary N) is 1. The molecule has 23 heavy (non-hydrogen) atoms. The van der Waals surface area contributed by atoms with Crippen molar-refractivity contribution < 1.29 is 26.9 Å². The molecule has 1 aromatic heterocycles. The summed E-state index contributed by atoms with van der Waals surface area (Å²) >= 11 is 0. The maximum absolute atomic E-state index is 13.0. The molecule has 1 amide bonds. The van der Waals surface area contributed by atoms with Crippen LogP contribution in [0, 0.1) is 5.82 Å². The third-order valence-electron chi connectivity index (χ3n) is 3.56. The second-order valence-corrected chi connectivity index (χ2v) is 5.37. The monoisotopic (exact) mass is 328 g/mol. The average Bonchev–Trinajstić information content (AvgIpc) is 3.22. The van der Waals surface area contributed by atoms with Crippen molar-refractivity contribution in [2.75, 3.05) is 0 Å². The lowest BCUT2D eigenvalue weighted by Crippen LogP contribution is -2.24. The smallest absolute Gasteiger partial charge is 0.360 e. The van der Waals surface area contributed by atoms with Crippen molar-refractivity contribution in [1.29, 1.82) is 0 Å². The lowest BCUT2D eigenvalue weighted by Gasteiger charge is -2.13. The Kier molecular flexibility index (Phi) is 3.83. The summed E-state index contributed by atoms with van der Waals surface area (Å²) in [4.78, 5) is 11.9. The summed E-state index contributed by atoms with van der Waals surface area (Å²) in [5.74, 6) is -0.748. The molecule has 1 aliphatic rings. The van der Waals surface area contributed by atoms with Gasteiger partial charge in [-0.15, -0.1) is 0 Å². The van der Waals surface area contributed by atoms with E-state index >= 15 is 0 Å². The molecule has 8 heteroatoms. The van der Waals surface area contributed by atoms with E-state index in [4.69, 9.17) is 4.52 Å². The summed E-state index contributed by atoms with van der Waals surface area (Å²) in [6.45, 7) is -0.389. The minimum absolute atomic E-state index is 0.0163. The molecule has 4 nitrogen and oxygen atoms in total. The number of hydrogen-bond acceptors (Lipinski definition) is 3. The van der Waals surface area contributed by atoms with E-state index in [1.807, 2.05) is 0 Å². The number of alkyl halides is 3. The Bertz CT molecular complexity index is 735. The van der Waals surface area contributed by atoms with E-state index < -0.39 is 23.5 Å². The summed E-state index contributed by atoms with van der Waals surface area (Å²) < 4.78 is 56.6. The average molecular weight is 328 g/mol. The highest BCUT2D eigenvalue weighted by Gasteiger charge is 2.34. The van der Waals surface area contributed by atoms with E-state index in [-0.39, 0.29) is 23.7 Å². The van der Waals surface area contributed by atoms with E-state index in [1.54, 1.807) is 0 Å². The molecule has 1 N–H and O–H groups in total. The number of hydrogen-bond donors (Lipinski definition) is 1. The molecule has 3 rings (SSSR count). The van der Waals surface area contributed by atoms with E-state index in [0.29, 0.717) is 11.8 Å². The Balaban J connectivity index is 1.71. The van der Waals surface area contributed by atoms with Crippen LogP contribution >= 0.6 is 0 Å². The Labute approximate surface area is 128 Å². The lowest BCUT2D eigenvalue weighted by atomic mass is 10.1. The maximum Gasteiger partial charge on any atom is 0.416 e. The molecule has 1 saturated carbocycles. The van der Waals surface area contributed by atoms with Crippen molar-refractivity contribution in [2.24, 2.45) is 0 Å². The molecule has 0 unspecified atom stereocenters. The van der Waals surface area contributed by atoms with E-state index in [9.17, 15) is 22.4 Å². The standard InChI is InChI=1S/C15H12F4N2O2/c16-10-4-3-9(11(5-10)15(17,18)19)7-20-14(22)12-6-13(23-21-12)8-1-2-8/h3-6,8H,1-2,7H2,(H,20,22). The van der Waals surface area contributed by atoms with Crippen molar-refractivity contribution in [3.63, 3.8) is 0 Å². The van der Waals surface area contributed by atoms with Crippen molar-refractivity contribution in [2.45, 2.75) is 31.5 Å². The van der Waals surface area contributed by atoms with Crippen LogP contribution in [-0.2, 0) is 12.7 Å². The SMILES string of the molecule is O=C(NCc1ccc(F)cc1C(F)(F)F)c1cc(C2CC2)on1. The molecule has 0 spiro atoms. The quantitative estimate of drug-likeness (QED) is 0.872. The first kappa shape index (κ1) is 15.5. The van der Waals surface area contributed by atoms with Gasteiger partial charge in [-0.05, 0) is 30.5 Å². The topological polar surface area (TPSA) is 55.1 Å². The number of nitrogens with zero attached hydrogens (tertiary/aromatic N) is 1. The third kappa shape index (κ3) is 3.52. The van der Waals surface area contributed by atoms with Gasteiger partial charge in [0.25, 0.3) is 5.91 Å². The van der Waals surface area contributed by atoms with Crippen LogP contribution in [0.4, 0.5) is 17.6 Å². The Morgan fingerprint density at radius 3 is 2.70 bits per heavy atom. The summed E-state index contributed by atoms with van der Waals surface area (Å²) in [6, 6.07) is 3.81. The van der Waals surface area contributed by atoms with E-state index in [0.717, 1.165) is 25.0 Å². The molecule has 0 aliphatic heterocycles. The predicted octanol–water partition coefficient (Wildman–Crippen LogP) is 3.64. The first-order chi connectivity index (χ1) is 10.8. The van der Waals surface area contributed by atoms with Gasteiger partial charge in [-0.3, -0.25) is 4.79 Å². The second-order valence-electron chi connectivity index (χ2n) is 5.37. The van der Waals surface area contributed by atoms with Gasteiger partial charge < -0.3 is 9.84 Å². The molecule has 0 atom stereocenters. The fourth-order valence-electron chi connectivity index (χ4n) is 2.19. The zero-order valence-corrected chi connectivity index (χ0v) is 11.8. The van der Waals surface area contributed by atoms with Gasteiger partial charge in [-0.2, -0.15) is 13.2 Å². The largest absolute Gasteiger partial charge is 0.416 e. The minimum atomic E-state index is -4.70. The first-order valence-corrected chi connectivity index (χ1v) is 6.95. The molecular weight excluding hydrogens is 316 g/mol. The fraction of sp³-hybridized carbons (Fsp3) is 0.333. The number of aromatic nitrogens is 1. The van der Waals surface area contributed by atoms with Gasteiger partial charge in [0.05, 0.1) is 5.56 Å². The fourth-order valence-corrected chi connectivity index (χ4v) is 2.19. The first-order valence-electron chi connectivity index (χ1n) is 6.95. The van der Waals surface area contributed by atoms with Gasteiger partial charge in [0.2, 0.25) is 0 Å². The molecule has 0 bridgehead atoms. The van der Waals surface area contributed by atoms with Gasteiger partial charge in [0.1, 0.15) is 11.6 Å². The summed E-state index contributed by atoms with van der Waals surface area (Å²) in [5.41, 5.74) is -1.32. The van der Waals surface area contributed by atoms with Crippen molar-refractivity contribution in [3.05, 3.63) is 52.7 Å². The maximum atomic E-state index is 13.0. The summed E-state index contributed by atoms with van der Waals surface area (Å²) in [6.07, 6.45) is -2.75. The van der Waals surface area contributed by atoms with Gasteiger partial charge in [-0.25, -0.2) is 4.39 Å². The van der Waals surface area contributed by atoms with Gasteiger partial charge in [-0.1, -0.05) is 11.2 Å². The lowest BCUT2D eigenvalue weighted by molar-refractivity contribution is -0.138. The Hall–Kier alpha value is -2.38. The Morgan fingerprint density at radius 2 is 2.04 bits per heavy atom. The molecule has 0 radical (unpaired) electrons. The van der Waals surface area contributed by atoms with Gasteiger partial charge >= 0.3 is 6.18 Å². The van der Waals surface area contributed by atoms with Crippen LogP contribution in [0.5, 0.6) is 0 Å². The molecule has 1 fully saturated rings. The Morgan fingerprint density at radius 1 is 1.30 bits per heavy atom. The van der Waals surface area contributed by atoms with Crippen LogP contribution in [0.15, 0.2) is 28.8 Å². The van der Waals surface area contributed by atoms with Crippen LogP contribution in [0.25, 0.3) is 0 Å². The molecule has 1 heterocycles. The molecular formula is C15H12F4N2O2. The summed E-state index contributed by atoms with van der Waals surface area (Å²) in [7, 11) is 0. The normalized spacial score (nSPS) is 14.8. The van der Waals surface area contributed by atoms with Crippen LogP contribution in [0.1, 0.15) is 46.1 Å². The number of amides is 1. The van der Waals surface area contributed by atoms with Crippen LogP contribution in [-0.4, -0.2) is 11.1 Å². The number of carbonyl (C=O) groups is 1. The van der Waals surface area contributed by atoms with Crippen LogP contribution < -0.4 is 5.32 Å². The molecule has 1 aromatic carbocycles. The molecule has 0 saturated heterocycles. The highest BCUT2D eigenvalue weighted by atomic mass is 19.4. The number of halogens is 4. The zero-order valence-electron chi connectivity index (χ0n) is 11.8. The predicted molar refractivity (Wildman–Crippen MR) is 71.1 cm³/mol. The van der Waals surface area contributed by atoms with Crippen LogP contribution in [0.2, 0.25) is 0 Å². The minimum Gasteiger partial charge on any atom is -0.360 e. The second kappa shape index (κ2) is 5.68. The van der Waals surface area contributed by atoms with Gasteiger partial charge in [0, 0.05) is 18.5 Å². The van der Waals surface area contributed by atoms with Crippen LogP contribution in [0.3, 0.4) is 0 Å².